The standard InChI is InChI=1S/C11H10N2O.ClH/c12-11(7-14)9-1-2-10-6-13-4-3-8(10)5-9;/h1-7,11H,12H2;1H. The second-order valence-corrected chi connectivity index (χ2v) is 3.14. The zero-order valence-corrected chi connectivity index (χ0v) is 8.78. The van der Waals surface area contributed by atoms with Gasteiger partial charge in [-0.3, -0.25) is 4.98 Å². The monoisotopic (exact) mass is 222 g/mol. The van der Waals surface area contributed by atoms with Gasteiger partial charge in [0.05, 0.1) is 6.04 Å². The van der Waals surface area contributed by atoms with Crippen molar-refractivity contribution >= 4 is 29.5 Å². The zero-order valence-electron chi connectivity index (χ0n) is 7.96. The molecular formula is C11H11ClN2O. The lowest BCUT2D eigenvalue weighted by molar-refractivity contribution is -0.109. The first kappa shape index (κ1) is 11.6. The van der Waals surface area contributed by atoms with Crippen LogP contribution < -0.4 is 5.73 Å². The molecule has 0 bridgehead atoms. The van der Waals surface area contributed by atoms with Crippen LogP contribution in [0.25, 0.3) is 10.8 Å². The lowest BCUT2D eigenvalue weighted by Gasteiger charge is -2.05. The van der Waals surface area contributed by atoms with E-state index in [-0.39, 0.29) is 12.4 Å². The molecule has 0 amide bonds. The predicted octanol–water partition coefficient (Wildman–Crippen LogP) is 1.86. The van der Waals surface area contributed by atoms with Crippen molar-refractivity contribution in [2.45, 2.75) is 6.04 Å². The highest BCUT2D eigenvalue weighted by atomic mass is 35.5. The lowest BCUT2D eigenvalue weighted by Crippen LogP contribution is -2.10. The number of nitrogens with two attached hydrogens (primary N) is 1. The number of hydrogen-bond donors (Lipinski definition) is 1. The molecule has 2 aromatic rings. The number of carbonyl (C=O) groups is 1. The highest BCUT2D eigenvalue weighted by Crippen LogP contribution is 2.17. The molecule has 4 heteroatoms. The largest absolute Gasteiger partial charge is 0.318 e. The number of benzene rings is 1. The Morgan fingerprint density at radius 3 is 2.80 bits per heavy atom. The van der Waals surface area contributed by atoms with E-state index < -0.39 is 6.04 Å². The van der Waals surface area contributed by atoms with Gasteiger partial charge in [0.25, 0.3) is 0 Å². The summed E-state index contributed by atoms with van der Waals surface area (Å²) in [5.41, 5.74) is 6.43. The molecule has 2 rings (SSSR count). The minimum Gasteiger partial charge on any atom is -0.318 e. The van der Waals surface area contributed by atoms with Crippen LogP contribution in [-0.2, 0) is 4.79 Å². The summed E-state index contributed by atoms with van der Waals surface area (Å²) in [6.07, 6.45) is 4.24. The molecule has 0 radical (unpaired) electrons. The number of carbonyl (C=O) groups excluding carboxylic acids is 1. The molecule has 78 valence electrons. The molecule has 1 aromatic heterocycles. The van der Waals surface area contributed by atoms with Gasteiger partial charge < -0.3 is 10.5 Å². The van der Waals surface area contributed by atoms with E-state index in [4.69, 9.17) is 5.73 Å². The molecule has 0 aliphatic carbocycles. The van der Waals surface area contributed by atoms with E-state index in [0.29, 0.717) is 0 Å². The fraction of sp³-hybridized carbons (Fsp3) is 0.0909. The van der Waals surface area contributed by atoms with Crippen molar-refractivity contribution in [1.29, 1.82) is 0 Å². The van der Waals surface area contributed by atoms with Gasteiger partial charge in [0.15, 0.2) is 0 Å². The first-order valence-corrected chi connectivity index (χ1v) is 4.36. The van der Waals surface area contributed by atoms with Gasteiger partial charge in [0.1, 0.15) is 6.29 Å². The highest BCUT2D eigenvalue weighted by Gasteiger charge is 2.03. The van der Waals surface area contributed by atoms with Crippen molar-refractivity contribution in [2.75, 3.05) is 0 Å². The molecule has 0 fully saturated rings. The average Bonchev–Trinajstić information content (AvgIpc) is 2.27. The molecule has 1 unspecified atom stereocenters. The first-order chi connectivity index (χ1) is 6.81. The first-order valence-electron chi connectivity index (χ1n) is 4.36. The van der Waals surface area contributed by atoms with E-state index >= 15 is 0 Å². The van der Waals surface area contributed by atoms with Gasteiger partial charge in [-0.15, -0.1) is 12.4 Å². The number of fused-ring (bicyclic) bond motifs is 1. The van der Waals surface area contributed by atoms with Crippen LogP contribution in [0.15, 0.2) is 36.7 Å². The summed E-state index contributed by atoms with van der Waals surface area (Å²) in [4.78, 5) is 14.5. The van der Waals surface area contributed by atoms with Gasteiger partial charge >= 0.3 is 0 Å². The molecule has 0 aliphatic rings. The van der Waals surface area contributed by atoms with E-state index in [0.717, 1.165) is 22.6 Å². The van der Waals surface area contributed by atoms with E-state index in [1.54, 1.807) is 12.4 Å². The normalized spacial score (nSPS) is 11.8. The highest BCUT2D eigenvalue weighted by molar-refractivity contribution is 5.85. The number of aromatic nitrogens is 1. The summed E-state index contributed by atoms with van der Waals surface area (Å²) in [6, 6.07) is 7.05. The van der Waals surface area contributed by atoms with E-state index in [9.17, 15) is 4.79 Å². The number of hydrogen-bond acceptors (Lipinski definition) is 3. The number of aldehydes is 1. The Morgan fingerprint density at radius 2 is 2.07 bits per heavy atom. The maximum absolute atomic E-state index is 10.5. The SMILES string of the molecule is Cl.NC(C=O)c1ccc2cnccc2c1. The average molecular weight is 223 g/mol. The van der Waals surface area contributed by atoms with Gasteiger partial charge in [-0.05, 0) is 23.1 Å². The van der Waals surface area contributed by atoms with E-state index in [1.807, 2.05) is 24.3 Å². The summed E-state index contributed by atoms with van der Waals surface area (Å²) >= 11 is 0. The maximum atomic E-state index is 10.5. The molecule has 2 N–H and O–H groups in total. The van der Waals surface area contributed by atoms with Crippen LogP contribution in [0.5, 0.6) is 0 Å². The van der Waals surface area contributed by atoms with Gasteiger partial charge in [0.2, 0.25) is 0 Å². The zero-order chi connectivity index (χ0) is 9.97. The summed E-state index contributed by atoms with van der Waals surface area (Å²) < 4.78 is 0. The molecule has 0 saturated carbocycles. The Kier molecular flexibility index (Phi) is 3.77. The molecule has 1 atom stereocenters. The van der Waals surface area contributed by atoms with Crippen LogP contribution in [0.1, 0.15) is 11.6 Å². The van der Waals surface area contributed by atoms with Crippen LogP contribution in [0, 0.1) is 0 Å². The molecular weight excluding hydrogens is 212 g/mol. The Labute approximate surface area is 93.7 Å². The molecule has 15 heavy (non-hydrogen) atoms. The third-order valence-corrected chi connectivity index (χ3v) is 2.20. The van der Waals surface area contributed by atoms with Gasteiger partial charge in [-0.2, -0.15) is 0 Å². The van der Waals surface area contributed by atoms with Crippen LogP contribution >= 0.6 is 12.4 Å². The van der Waals surface area contributed by atoms with Crippen LogP contribution in [0.4, 0.5) is 0 Å². The number of rotatable bonds is 2. The summed E-state index contributed by atoms with van der Waals surface area (Å²) in [7, 11) is 0. The predicted molar refractivity (Wildman–Crippen MR) is 62.0 cm³/mol. The van der Waals surface area contributed by atoms with Crippen LogP contribution in [0.3, 0.4) is 0 Å². The summed E-state index contributed by atoms with van der Waals surface area (Å²) in [5.74, 6) is 0. The quantitative estimate of drug-likeness (QED) is 0.790. The Bertz CT molecular complexity index is 473. The van der Waals surface area contributed by atoms with Crippen molar-refractivity contribution in [2.24, 2.45) is 5.73 Å². The van der Waals surface area contributed by atoms with Gasteiger partial charge in [-0.25, -0.2) is 0 Å². The van der Waals surface area contributed by atoms with Crippen molar-refractivity contribution in [3.05, 3.63) is 42.2 Å². The Hall–Kier alpha value is -1.45. The van der Waals surface area contributed by atoms with Crippen molar-refractivity contribution in [1.82, 2.24) is 4.98 Å². The Balaban J connectivity index is 0.00000112. The Morgan fingerprint density at radius 1 is 1.27 bits per heavy atom. The minimum atomic E-state index is -0.535. The third-order valence-electron chi connectivity index (χ3n) is 2.20. The fourth-order valence-corrected chi connectivity index (χ4v) is 1.39. The van der Waals surface area contributed by atoms with Gasteiger partial charge in [-0.1, -0.05) is 12.1 Å². The molecule has 3 nitrogen and oxygen atoms in total. The lowest BCUT2D eigenvalue weighted by atomic mass is 10.0. The fourth-order valence-electron chi connectivity index (χ4n) is 1.39. The second-order valence-electron chi connectivity index (χ2n) is 3.14. The molecule has 0 saturated heterocycles. The summed E-state index contributed by atoms with van der Waals surface area (Å²) in [5, 5.41) is 2.10. The number of nitrogens with zero attached hydrogens (tertiary/aromatic N) is 1. The molecule has 0 spiro atoms. The molecule has 1 heterocycles. The van der Waals surface area contributed by atoms with Crippen molar-refractivity contribution < 1.29 is 4.79 Å². The van der Waals surface area contributed by atoms with Crippen molar-refractivity contribution in [3.63, 3.8) is 0 Å². The van der Waals surface area contributed by atoms with Crippen molar-refractivity contribution in [3.8, 4) is 0 Å². The van der Waals surface area contributed by atoms with Gasteiger partial charge in [0, 0.05) is 17.8 Å². The second kappa shape index (κ2) is 4.87. The molecule has 1 aromatic carbocycles. The van der Waals surface area contributed by atoms with Crippen LogP contribution in [0.2, 0.25) is 0 Å². The maximum Gasteiger partial charge on any atom is 0.141 e. The smallest absolute Gasteiger partial charge is 0.141 e. The molecule has 0 aliphatic heterocycles. The summed E-state index contributed by atoms with van der Waals surface area (Å²) in [6.45, 7) is 0. The minimum absolute atomic E-state index is 0. The van der Waals surface area contributed by atoms with E-state index in [2.05, 4.69) is 4.98 Å². The third kappa shape index (κ3) is 2.32. The topological polar surface area (TPSA) is 56.0 Å². The van der Waals surface area contributed by atoms with Crippen LogP contribution in [-0.4, -0.2) is 11.3 Å². The number of pyridine rings is 1. The van der Waals surface area contributed by atoms with E-state index in [1.165, 1.54) is 0 Å². The number of halogens is 1.